The highest BCUT2D eigenvalue weighted by molar-refractivity contribution is 6.09. The summed E-state index contributed by atoms with van der Waals surface area (Å²) in [6, 6.07) is 20.1. The van der Waals surface area contributed by atoms with Gasteiger partial charge >= 0.3 is 0 Å². The molecule has 1 aliphatic heterocycles. The molecule has 3 aromatic carbocycles. The fraction of sp³-hybridized carbons (Fsp3) is 0.333. The van der Waals surface area contributed by atoms with E-state index in [0.29, 0.717) is 30.8 Å². The molecule has 0 fully saturated rings. The first-order valence-electron chi connectivity index (χ1n) is 13.3. The van der Waals surface area contributed by atoms with Crippen LogP contribution in [0.25, 0.3) is 10.8 Å². The minimum Gasteiger partial charge on any atom is -0.354 e. The lowest BCUT2D eigenvalue weighted by Crippen LogP contribution is -2.49. The van der Waals surface area contributed by atoms with Gasteiger partial charge in [0.1, 0.15) is 12.6 Å². The van der Waals surface area contributed by atoms with Gasteiger partial charge in [-0.15, -0.1) is 0 Å². The molecule has 1 atom stereocenters. The highest BCUT2D eigenvalue weighted by Gasteiger charge is 2.30. The van der Waals surface area contributed by atoms with Crippen LogP contribution in [0.3, 0.4) is 0 Å². The Labute approximate surface area is 228 Å². The Morgan fingerprint density at radius 2 is 1.72 bits per heavy atom. The number of hydrogen-bond donors (Lipinski definition) is 3. The Morgan fingerprint density at radius 1 is 0.974 bits per heavy atom. The summed E-state index contributed by atoms with van der Waals surface area (Å²) in [7, 11) is 1.58. The van der Waals surface area contributed by atoms with Crippen molar-refractivity contribution in [3.8, 4) is 0 Å². The number of nitrogens with two attached hydrogens (primary N) is 1. The fourth-order valence-electron chi connectivity index (χ4n) is 4.73. The molecular weight excluding hydrogens is 494 g/mol. The molecule has 204 valence electrons. The van der Waals surface area contributed by atoms with Crippen molar-refractivity contribution in [3.63, 3.8) is 0 Å². The predicted molar refractivity (Wildman–Crippen MR) is 151 cm³/mol. The molecule has 4 rings (SSSR count). The van der Waals surface area contributed by atoms with Crippen molar-refractivity contribution < 1.29 is 19.2 Å². The van der Waals surface area contributed by atoms with E-state index in [4.69, 9.17) is 5.73 Å². The van der Waals surface area contributed by atoms with Gasteiger partial charge < -0.3 is 26.2 Å². The second-order valence-electron chi connectivity index (χ2n) is 9.77. The van der Waals surface area contributed by atoms with Gasteiger partial charge in [0.25, 0.3) is 5.91 Å². The monoisotopic (exact) mass is 529 g/mol. The molecule has 3 aromatic rings. The zero-order chi connectivity index (χ0) is 27.8. The van der Waals surface area contributed by atoms with E-state index in [2.05, 4.69) is 10.6 Å². The predicted octanol–water partition coefficient (Wildman–Crippen LogP) is 2.23. The Hall–Kier alpha value is -4.24. The van der Waals surface area contributed by atoms with Crippen LogP contribution in [0.15, 0.2) is 66.7 Å². The van der Waals surface area contributed by atoms with E-state index in [1.807, 2.05) is 42.5 Å². The minimum absolute atomic E-state index is 0.0212. The summed E-state index contributed by atoms with van der Waals surface area (Å²) in [5.41, 5.74) is 7.38. The summed E-state index contributed by atoms with van der Waals surface area (Å²) in [6.07, 6.45) is 1.85. The van der Waals surface area contributed by atoms with Crippen LogP contribution in [-0.2, 0) is 20.8 Å². The van der Waals surface area contributed by atoms with Crippen LogP contribution in [0.1, 0.15) is 35.2 Å². The van der Waals surface area contributed by atoms with Crippen molar-refractivity contribution in [2.24, 2.45) is 5.73 Å². The van der Waals surface area contributed by atoms with Crippen molar-refractivity contribution in [3.05, 3.63) is 77.9 Å². The highest BCUT2D eigenvalue weighted by Crippen LogP contribution is 2.25. The topological polar surface area (TPSA) is 125 Å². The number of amides is 4. The molecule has 4 N–H and O–H groups in total. The number of para-hydroxylation sites is 1. The van der Waals surface area contributed by atoms with E-state index < -0.39 is 6.04 Å². The number of benzene rings is 3. The molecule has 1 heterocycles. The second-order valence-corrected chi connectivity index (χ2v) is 9.77. The third-order valence-electron chi connectivity index (χ3n) is 6.84. The number of fused-ring (bicyclic) bond motifs is 2. The number of nitrogens with zero attached hydrogens (tertiary/aromatic N) is 2. The molecule has 9 nitrogen and oxygen atoms in total. The standard InChI is InChI=1S/C30H35N5O4/c1-34-20-28(37)35(26-11-5-4-10-24(26)30(34)39)17-14-27(36)33-25(29(38)32-16-7-6-15-31)19-21-12-13-22-8-2-3-9-23(22)18-21/h2-5,8-13,18,25H,6-7,14-17,19-20,31H2,1H3,(H,32,38)(H,33,36). The Balaban J connectivity index is 1.46. The van der Waals surface area contributed by atoms with E-state index in [1.165, 1.54) is 9.80 Å². The maximum absolute atomic E-state index is 13.1. The Bertz CT molecular complexity index is 1360. The lowest BCUT2D eigenvalue weighted by Gasteiger charge is -2.23. The second kappa shape index (κ2) is 13.0. The lowest BCUT2D eigenvalue weighted by atomic mass is 10.0. The first-order chi connectivity index (χ1) is 18.9. The van der Waals surface area contributed by atoms with E-state index in [-0.39, 0.29) is 43.1 Å². The molecule has 0 bridgehead atoms. The van der Waals surface area contributed by atoms with E-state index in [9.17, 15) is 19.2 Å². The van der Waals surface area contributed by atoms with Gasteiger partial charge in [-0.25, -0.2) is 0 Å². The van der Waals surface area contributed by atoms with Crippen molar-refractivity contribution in [1.29, 1.82) is 0 Å². The highest BCUT2D eigenvalue weighted by atomic mass is 16.2. The zero-order valence-electron chi connectivity index (χ0n) is 22.2. The number of nitrogens with one attached hydrogen (secondary N) is 2. The van der Waals surface area contributed by atoms with Gasteiger partial charge in [-0.1, -0.05) is 54.6 Å². The Morgan fingerprint density at radius 3 is 2.51 bits per heavy atom. The Kier molecular flexibility index (Phi) is 9.27. The molecule has 39 heavy (non-hydrogen) atoms. The van der Waals surface area contributed by atoms with Gasteiger partial charge in [0, 0.05) is 33.0 Å². The summed E-state index contributed by atoms with van der Waals surface area (Å²) in [5.74, 6) is -1.13. The summed E-state index contributed by atoms with van der Waals surface area (Å²) in [5, 5.41) is 7.94. The van der Waals surface area contributed by atoms with Crippen LogP contribution in [0.2, 0.25) is 0 Å². The lowest BCUT2D eigenvalue weighted by molar-refractivity contribution is -0.129. The minimum atomic E-state index is -0.781. The number of anilines is 1. The average molecular weight is 530 g/mol. The molecule has 1 aliphatic rings. The molecule has 0 radical (unpaired) electrons. The number of carbonyl (C=O) groups excluding carboxylic acids is 4. The number of unbranched alkanes of at least 4 members (excludes halogenated alkanes) is 1. The summed E-state index contributed by atoms with van der Waals surface area (Å²) >= 11 is 0. The largest absolute Gasteiger partial charge is 0.354 e. The van der Waals surface area contributed by atoms with Gasteiger partial charge in [-0.3, -0.25) is 19.2 Å². The van der Waals surface area contributed by atoms with E-state index in [0.717, 1.165) is 29.2 Å². The molecule has 0 saturated heterocycles. The van der Waals surface area contributed by atoms with Gasteiger partial charge in [0.15, 0.2) is 0 Å². The number of likely N-dealkylation sites (N-methyl/N-ethyl adjacent to an activating group) is 1. The van der Waals surface area contributed by atoms with E-state index >= 15 is 0 Å². The molecule has 0 spiro atoms. The molecule has 4 amide bonds. The van der Waals surface area contributed by atoms with Crippen LogP contribution >= 0.6 is 0 Å². The zero-order valence-corrected chi connectivity index (χ0v) is 22.2. The van der Waals surface area contributed by atoms with Crippen molar-refractivity contribution in [2.45, 2.75) is 31.7 Å². The summed E-state index contributed by atoms with van der Waals surface area (Å²) in [6.45, 7) is 1.03. The SMILES string of the molecule is CN1CC(=O)N(CCC(=O)NC(Cc2ccc3ccccc3c2)C(=O)NCCCCN)c2ccccc2C1=O. The number of rotatable bonds is 11. The third-order valence-corrected chi connectivity index (χ3v) is 6.84. The number of carbonyl (C=O) groups is 4. The average Bonchev–Trinajstić information content (AvgIpc) is 3.03. The quantitative estimate of drug-likeness (QED) is 0.329. The van der Waals surface area contributed by atoms with Gasteiger partial charge in [0.05, 0.1) is 11.3 Å². The maximum atomic E-state index is 13.1. The molecule has 0 saturated carbocycles. The van der Waals surface area contributed by atoms with Crippen LogP contribution in [0.4, 0.5) is 5.69 Å². The fourth-order valence-corrected chi connectivity index (χ4v) is 4.73. The molecule has 0 aromatic heterocycles. The summed E-state index contributed by atoms with van der Waals surface area (Å²) < 4.78 is 0. The van der Waals surface area contributed by atoms with Gasteiger partial charge in [-0.2, -0.15) is 0 Å². The molecule has 0 aliphatic carbocycles. The molecule has 1 unspecified atom stereocenters. The first-order valence-corrected chi connectivity index (χ1v) is 13.3. The maximum Gasteiger partial charge on any atom is 0.256 e. The first kappa shape index (κ1) is 27.8. The summed E-state index contributed by atoms with van der Waals surface area (Å²) in [4.78, 5) is 54.6. The molecule has 9 heteroatoms. The number of hydrogen-bond acceptors (Lipinski definition) is 5. The van der Waals surface area contributed by atoms with E-state index in [1.54, 1.807) is 31.3 Å². The normalized spacial score (nSPS) is 14.1. The van der Waals surface area contributed by atoms with Gasteiger partial charge in [0.2, 0.25) is 17.7 Å². The van der Waals surface area contributed by atoms with Crippen LogP contribution in [0.5, 0.6) is 0 Å². The van der Waals surface area contributed by atoms with Gasteiger partial charge in [-0.05, 0) is 47.9 Å². The van der Waals surface area contributed by atoms with Crippen molar-refractivity contribution in [1.82, 2.24) is 15.5 Å². The van der Waals surface area contributed by atoms with Crippen LogP contribution in [-0.4, -0.2) is 67.8 Å². The van der Waals surface area contributed by atoms with Crippen molar-refractivity contribution in [2.75, 3.05) is 38.1 Å². The third kappa shape index (κ3) is 7.00. The smallest absolute Gasteiger partial charge is 0.256 e. The van der Waals surface area contributed by atoms with Crippen LogP contribution < -0.4 is 21.3 Å². The van der Waals surface area contributed by atoms with Crippen LogP contribution in [0, 0.1) is 0 Å². The molecular formula is C30H35N5O4. The van der Waals surface area contributed by atoms with Crippen molar-refractivity contribution >= 4 is 40.1 Å².